The lowest BCUT2D eigenvalue weighted by molar-refractivity contribution is -0.127. The zero-order valence-corrected chi connectivity index (χ0v) is 14.5. The summed E-state index contributed by atoms with van der Waals surface area (Å²) in [5.41, 5.74) is 3.67. The van der Waals surface area contributed by atoms with E-state index in [1.807, 2.05) is 6.07 Å². The zero-order valence-electron chi connectivity index (χ0n) is 14.5. The van der Waals surface area contributed by atoms with Gasteiger partial charge in [-0.3, -0.25) is 9.59 Å². The molecule has 1 saturated carbocycles. The van der Waals surface area contributed by atoms with Crippen LogP contribution in [0.4, 0.5) is 5.69 Å². The van der Waals surface area contributed by atoms with Crippen molar-refractivity contribution in [3.05, 3.63) is 29.3 Å². The highest BCUT2D eigenvalue weighted by Crippen LogP contribution is 2.31. The van der Waals surface area contributed by atoms with Gasteiger partial charge in [0, 0.05) is 24.7 Å². The fraction of sp³-hybridized carbons (Fsp3) is 0.600. The van der Waals surface area contributed by atoms with Crippen LogP contribution in [-0.4, -0.2) is 35.6 Å². The second kappa shape index (κ2) is 6.79. The molecule has 1 atom stereocenters. The van der Waals surface area contributed by atoms with Crippen LogP contribution < -0.4 is 10.2 Å². The van der Waals surface area contributed by atoms with Gasteiger partial charge in [0.2, 0.25) is 11.8 Å². The maximum Gasteiger partial charge on any atom is 0.227 e. The van der Waals surface area contributed by atoms with Crippen molar-refractivity contribution in [2.75, 3.05) is 11.4 Å². The van der Waals surface area contributed by atoms with Crippen molar-refractivity contribution in [1.29, 1.82) is 0 Å². The van der Waals surface area contributed by atoms with Gasteiger partial charge in [-0.1, -0.05) is 6.07 Å². The average molecular weight is 342 g/mol. The summed E-state index contributed by atoms with van der Waals surface area (Å²) in [5.74, 6) is -0.247. The van der Waals surface area contributed by atoms with Gasteiger partial charge >= 0.3 is 0 Å². The summed E-state index contributed by atoms with van der Waals surface area (Å²) in [5, 5.41) is 12.7. The number of amides is 2. The highest BCUT2D eigenvalue weighted by atomic mass is 16.3. The molecule has 25 heavy (non-hydrogen) atoms. The lowest BCUT2D eigenvalue weighted by atomic mass is 9.92. The van der Waals surface area contributed by atoms with Crippen molar-refractivity contribution in [1.82, 2.24) is 5.32 Å². The van der Waals surface area contributed by atoms with Crippen molar-refractivity contribution in [2.45, 2.75) is 63.5 Å². The first-order chi connectivity index (χ1) is 12.1. The minimum Gasteiger partial charge on any atom is -0.393 e. The van der Waals surface area contributed by atoms with Gasteiger partial charge in [0.25, 0.3) is 0 Å². The third kappa shape index (κ3) is 3.43. The fourth-order valence-corrected chi connectivity index (χ4v) is 4.40. The van der Waals surface area contributed by atoms with E-state index in [2.05, 4.69) is 17.4 Å². The van der Waals surface area contributed by atoms with Gasteiger partial charge < -0.3 is 15.3 Å². The van der Waals surface area contributed by atoms with Gasteiger partial charge in [-0.05, 0) is 68.2 Å². The molecule has 0 unspecified atom stereocenters. The molecule has 0 spiro atoms. The Morgan fingerprint density at radius 3 is 2.68 bits per heavy atom. The van der Waals surface area contributed by atoms with Crippen LogP contribution in [0.1, 0.15) is 49.7 Å². The number of carbonyl (C=O) groups excluding carboxylic acids is 2. The molecule has 1 heterocycles. The van der Waals surface area contributed by atoms with E-state index in [0.29, 0.717) is 6.54 Å². The molecule has 5 heteroatoms. The molecule has 134 valence electrons. The molecule has 1 aromatic rings. The first-order valence-corrected chi connectivity index (χ1v) is 9.51. The number of nitrogens with zero attached hydrogens (tertiary/aromatic N) is 1. The molecule has 4 rings (SSSR count). The average Bonchev–Trinajstić information content (AvgIpc) is 3.22. The van der Waals surface area contributed by atoms with Crippen molar-refractivity contribution in [3.8, 4) is 0 Å². The Labute approximate surface area is 148 Å². The molecular weight excluding hydrogens is 316 g/mol. The summed E-state index contributed by atoms with van der Waals surface area (Å²) in [6.45, 7) is 0.471. The van der Waals surface area contributed by atoms with Crippen molar-refractivity contribution >= 4 is 17.5 Å². The second-order valence-corrected chi connectivity index (χ2v) is 7.73. The largest absolute Gasteiger partial charge is 0.393 e. The van der Waals surface area contributed by atoms with Crippen LogP contribution >= 0.6 is 0 Å². The maximum atomic E-state index is 12.6. The first-order valence-electron chi connectivity index (χ1n) is 9.51. The maximum absolute atomic E-state index is 12.6. The van der Waals surface area contributed by atoms with E-state index in [1.165, 1.54) is 17.5 Å². The molecule has 2 aliphatic carbocycles. The van der Waals surface area contributed by atoms with E-state index in [4.69, 9.17) is 0 Å². The number of aliphatic hydroxyl groups is 1. The lowest BCUT2D eigenvalue weighted by Crippen LogP contribution is -2.42. The van der Waals surface area contributed by atoms with Crippen molar-refractivity contribution in [3.63, 3.8) is 0 Å². The molecule has 5 nitrogen and oxygen atoms in total. The number of aliphatic hydroxyl groups excluding tert-OH is 1. The third-order valence-corrected chi connectivity index (χ3v) is 5.93. The Morgan fingerprint density at radius 1 is 1.12 bits per heavy atom. The van der Waals surface area contributed by atoms with Gasteiger partial charge in [0.1, 0.15) is 0 Å². The number of rotatable bonds is 3. The van der Waals surface area contributed by atoms with E-state index in [9.17, 15) is 14.7 Å². The minimum absolute atomic E-state index is 0.0154. The topological polar surface area (TPSA) is 69.6 Å². The van der Waals surface area contributed by atoms with Gasteiger partial charge in [-0.15, -0.1) is 0 Å². The Bertz CT molecular complexity index is 680. The SMILES string of the molecule is O=C(NC1CCC(O)CC1)[C@@H]1CC(=O)N(c2ccc3c(c2)CCC3)C1. The van der Waals surface area contributed by atoms with E-state index in [-0.39, 0.29) is 36.3 Å². The number of benzene rings is 1. The Hall–Kier alpha value is -1.88. The van der Waals surface area contributed by atoms with E-state index in [0.717, 1.165) is 44.2 Å². The van der Waals surface area contributed by atoms with Crippen molar-refractivity contribution in [2.24, 2.45) is 5.92 Å². The monoisotopic (exact) mass is 342 g/mol. The molecule has 1 aromatic carbocycles. The predicted octanol–water partition coefficient (Wildman–Crippen LogP) is 1.95. The summed E-state index contributed by atoms with van der Waals surface area (Å²) in [7, 11) is 0. The molecular formula is C20H26N2O3. The number of anilines is 1. The standard InChI is InChI=1S/C20H26N2O3/c23-18-8-5-16(6-9-18)21-20(25)15-11-19(24)22(12-15)17-7-4-13-2-1-3-14(13)10-17/h4,7,10,15-16,18,23H,1-3,5-6,8-9,11-12H2,(H,21,25)/t15-,16?,18?/m1/s1. The number of aryl methyl sites for hydroxylation is 2. The number of hydrogen-bond donors (Lipinski definition) is 2. The molecule has 2 fully saturated rings. The number of carbonyl (C=O) groups is 2. The molecule has 1 saturated heterocycles. The Morgan fingerprint density at radius 2 is 1.88 bits per heavy atom. The quantitative estimate of drug-likeness (QED) is 0.882. The molecule has 0 aromatic heterocycles. The fourth-order valence-electron chi connectivity index (χ4n) is 4.40. The Balaban J connectivity index is 1.39. The third-order valence-electron chi connectivity index (χ3n) is 5.93. The smallest absolute Gasteiger partial charge is 0.227 e. The molecule has 1 aliphatic heterocycles. The molecule has 0 bridgehead atoms. The van der Waals surface area contributed by atoms with Crippen LogP contribution in [0.15, 0.2) is 18.2 Å². The van der Waals surface area contributed by atoms with Gasteiger partial charge in [-0.25, -0.2) is 0 Å². The van der Waals surface area contributed by atoms with Crippen LogP contribution in [-0.2, 0) is 22.4 Å². The molecule has 2 N–H and O–H groups in total. The van der Waals surface area contributed by atoms with Gasteiger partial charge in [0.05, 0.1) is 12.0 Å². The van der Waals surface area contributed by atoms with Crippen molar-refractivity contribution < 1.29 is 14.7 Å². The van der Waals surface area contributed by atoms with Crippen LogP contribution in [0.5, 0.6) is 0 Å². The molecule has 3 aliphatic rings. The van der Waals surface area contributed by atoms with E-state index in [1.54, 1.807) is 4.90 Å². The predicted molar refractivity (Wildman–Crippen MR) is 95.3 cm³/mol. The lowest BCUT2D eigenvalue weighted by Gasteiger charge is -2.27. The summed E-state index contributed by atoms with van der Waals surface area (Å²) in [6, 6.07) is 6.42. The number of fused-ring (bicyclic) bond motifs is 1. The van der Waals surface area contributed by atoms with Crippen LogP contribution in [0.25, 0.3) is 0 Å². The summed E-state index contributed by atoms with van der Waals surface area (Å²) in [4.78, 5) is 26.8. The van der Waals surface area contributed by atoms with Crippen LogP contribution in [0.3, 0.4) is 0 Å². The van der Waals surface area contributed by atoms with Gasteiger partial charge in [0.15, 0.2) is 0 Å². The number of nitrogens with one attached hydrogen (secondary N) is 1. The molecule has 0 radical (unpaired) electrons. The second-order valence-electron chi connectivity index (χ2n) is 7.73. The summed E-state index contributed by atoms with van der Waals surface area (Å²) >= 11 is 0. The summed E-state index contributed by atoms with van der Waals surface area (Å²) in [6.07, 6.45) is 6.60. The normalized spacial score (nSPS) is 28.9. The molecule has 2 amide bonds. The summed E-state index contributed by atoms with van der Waals surface area (Å²) < 4.78 is 0. The van der Waals surface area contributed by atoms with E-state index < -0.39 is 0 Å². The first kappa shape index (κ1) is 16.6. The highest BCUT2D eigenvalue weighted by molar-refractivity contribution is 6.00. The minimum atomic E-state index is -0.271. The highest BCUT2D eigenvalue weighted by Gasteiger charge is 2.36. The van der Waals surface area contributed by atoms with E-state index >= 15 is 0 Å². The zero-order chi connectivity index (χ0) is 17.4. The van der Waals surface area contributed by atoms with Crippen LogP contribution in [0.2, 0.25) is 0 Å². The Kier molecular flexibility index (Phi) is 4.50. The number of hydrogen-bond acceptors (Lipinski definition) is 3. The van der Waals surface area contributed by atoms with Gasteiger partial charge in [-0.2, -0.15) is 0 Å². The van der Waals surface area contributed by atoms with Crippen LogP contribution in [0, 0.1) is 5.92 Å².